The SMILES string of the molecule is OCCOc1cc(CNCCCCOCCNc2nc3ccccc3c3cnccc23)ccc1Cl. The Balaban J connectivity index is 1.12. The van der Waals surface area contributed by atoms with Crippen molar-refractivity contribution in [2.75, 3.05) is 44.8 Å². The molecule has 0 fully saturated rings. The Morgan fingerprint density at radius 1 is 0.914 bits per heavy atom. The lowest BCUT2D eigenvalue weighted by Crippen LogP contribution is -2.16. The van der Waals surface area contributed by atoms with Crippen LogP contribution in [-0.4, -0.2) is 54.6 Å². The molecule has 0 spiro atoms. The van der Waals surface area contributed by atoms with E-state index in [4.69, 9.17) is 31.2 Å². The van der Waals surface area contributed by atoms with Crippen LogP contribution in [0.3, 0.4) is 0 Å². The number of aliphatic hydroxyl groups excluding tert-OH is 1. The molecular weight excluding hydrogens is 464 g/mol. The molecule has 35 heavy (non-hydrogen) atoms. The van der Waals surface area contributed by atoms with Crippen molar-refractivity contribution in [2.45, 2.75) is 19.4 Å². The molecule has 0 aliphatic carbocycles. The molecule has 2 heterocycles. The fraction of sp³-hybridized carbons (Fsp3) is 0.333. The van der Waals surface area contributed by atoms with Crippen LogP contribution < -0.4 is 15.4 Å². The van der Waals surface area contributed by atoms with Crippen LogP contribution >= 0.6 is 11.6 Å². The molecule has 0 unspecified atom stereocenters. The summed E-state index contributed by atoms with van der Waals surface area (Å²) < 4.78 is 11.3. The summed E-state index contributed by atoms with van der Waals surface area (Å²) in [6, 6.07) is 15.8. The number of unbranched alkanes of at least 4 members (excludes halogenated alkanes) is 1. The van der Waals surface area contributed by atoms with Crippen LogP contribution in [0.15, 0.2) is 60.9 Å². The van der Waals surface area contributed by atoms with Crippen molar-refractivity contribution >= 4 is 39.1 Å². The molecule has 8 heteroatoms. The molecule has 0 bridgehead atoms. The number of anilines is 1. The van der Waals surface area contributed by atoms with Gasteiger partial charge in [0.1, 0.15) is 18.2 Å². The first-order valence-electron chi connectivity index (χ1n) is 11.9. The fourth-order valence-electron chi connectivity index (χ4n) is 3.88. The number of hydrogen-bond donors (Lipinski definition) is 3. The van der Waals surface area contributed by atoms with Gasteiger partial charge in [-0.1, -0.05) is 35.9 Å². The fourth-order valence-corrected chi connectivity index (χ4v) is 4.06. The highest BCUT2D eigenvalue weighted by Gasteiger charge is 2.08. The molecule has 0 radical (unpaired) electrons. The Morgan fingerprint density at radius 3 is 2.74 bits per heavy atom. The van der Waals surface area contributed by atoms with Gasteiger partial charge in [0.2, 0.25) is 0 Å². The van der Waals surface area contributed by atoms with Gasteiger partial charge in [0, 0.05) is 48.2 Å². The Labute approximate surface area is 210 Å². The summed E-state index contributed by atoms with van der Waals surface area (Å²) in [6.07, 6.45) is 5.71. The molecule has 0 aliphatic heterocycles. The topological polar surface area (TPSA) is 88.5 Å². The number of aromatic nitrogens is 2. The van der Waals surface area contributed by atoms with Crippen LogP contribution in [0.1, 0.15) is 18.4 Å². The van der Waals surface area contributed by atoms with E-state index in [2.05, 4.69) is 21.7 Å². The number of hydrogen-bond acceptors (Lipinski definition) is 7. The number of pyridine rings is 2. The summed E-state index contributed by atoms with van der Waals surface area (Å²) in [5.74, 6) is 1.46. The highest BCUT2D eigenvalue weighted by Crippen LogP contribution is 2.28. The quantitative estimate of drug-likeness (QED) is 0.171. The van der Waals surface area contributed by atoms with Crippen LogP contribution in [0.4, 0.5) is 5.82 Å². The van der Waals surface area contributed by atoms with Crippen molar-refractivity contribution < 1.29 is 14.6 Å². The summed E-state index contributed by atoms with van der Waals surface area (Å²) in [6.45, 7) is 3.87. The first kappa shape index (κ1) is 25.1. The lowest BCUT2D eigenvalue weighted by Gasteiger charge is -2.12. The van der Waals surface area contributed by atoms with Crippen molar-refractivity contribution in [3.8, 4) is 5.75 Å². The van der Waals surface area contributed by atoms with E-state index in [0.29, 0.717) is 23.9 Å². The molecule has 184 valence electrons. The van der Waals surface area contributed by atoms with E-state index in [0.717, 1.165) is 65.6 Å². The molecule has 3 N–H and O–H groups in total. The average Bonchev–Trinajstić information content (AvgIpc) is 2.89. The second-order valence-electron chi connectivity index (χ2n) is 8.16. The molecule has 4 aromatic rings. The predicted molar refractivity (Wildman–Crippen MR) is 141 cm³/mol. The second kappa shape index (κ2) is 13.2. The number of halogens is 1. The summed E-state index contributed by atoms with van der Waals surface area (Å²) >= 11 is 6.12. The molecule has 2 aromatic heterocycles. The van der Waals surface area contributed by atoms with Crippen LogP contribution in [0.2, 0.25) is 5.02 Å². The molecule has 0 amide bonds. The van der Waals surface area contributed by atoms with E-state index >= 15 is 0 Å². The van der Waals surface area contributed by atoms with E-state index in [-0.39, 0.29) is 13.2 Å². The lowest BCUT2D eigenvalue weighted by molar-refractivity contribution is 0.140. The first-order valence-corrected chi connectivity index (χ1v) is 12.3. The third-order valence-electron chi connectivity index (χ3n) is 5.61. The number of ether oxygens (including phenoxy) is 2. The zero-order valence-electron chi connectivity index (χ0n) is 19.7. The minimum Gasteiger partial charge on any atom is -0.490 e. The number of nitrogens with one attached hydrogen (secondary N) is 2. The first-order chi connectivity index (χ1) is 17.3. The predicted octanol–water partition coefficient (Wildman–Crippen LogP) is 4.81. The summed E-state index contributed by atoms with van der Waals surface area (Å²) in [4.78, 5) is 9.08. The maximum atomic E-state index is 8.91. The molecule has 4 rings (SSSR count). The van der Waals surface area contributed by atoms with Crippen molar-refractivity contribution in [2.24, 2.45) is 0 Å². The Morgan fingerprint density at radius 2 is 1.83 bits per heavy atom. The third-order valence-corrected chi connectivity index (χ3v) is 5.92. The van der Waals surface area contributed by atoms with Gasteiger partial charge in [-0.05, 0) is 49.2 Å². The standard InChI is InChI=1S/C27H31ClN4O3/c28-24-8-7-20(17-26(24)35-16-13-33)18-29-10-3-4-14-34-15-12-31-27-22-9-11-30-19-23(22)21-5-1-2-6-25(21)32-27/h1-2,5-9,11,17,19,29,33H,3-4,10,12-16,18H2,(H,31,32). The molecule has 0 atom stereocenters. The number of para-hydroxylation sites is 1. The Bertz CT molecular complexity index is 1240. The minimum absolute atomic E-state index is 0.0358. The Kier molecular flexibility index (Phi) is 9.48. The minimum atomic E-state index is -0.0358. The maximum absolute atomic E-state index is 8.91. The number of fused-ring (bicyclic) bond motifs is 3. The second-order valence-corrected chi connectivity index (χ2v) is 8.57. The van der Waals surface area contributed by atoms with Gasteiger partial charge in [-0.2, -0.15) is 0 Å². The number of benzene rings is 2. The van der Waals surface area contributed by atoms with Gasteiger partial charge in [0.05, 0.1) is 23.8 Å². The summed E-state index contributed by atoms with van der Waals surface area (Å²) in [5.41, 5.74) is 2.05. The van der Waals surface area contributed by atoms with Crippen molar-refractivity contribution in [3.05, 3.63) is 71.5 Å². The largest absolute Gasteiger partial charge is 0.490 e. The van der Waals surface area contributed by atoms with E-state index in [9.17, 15) is 0 Å². The summed E-state index contributed by atoms with van der Waals surface area (Å²) in [7, 11) is 0. The Hall–Kier alpha value is -2.97. The average molecular weight is 495 g/mol. The molecule has 0 aliphatic rings. The van der Waals surface area contributed by atoms with Crippen molar-refractivity contribution in [1.82, 2.24) is 15.3 Å². The van der Waals surface area contributed by atoms with Gasteiger partial charge in [0.25, 0.3) is 0 Å². The van der Waals surface area contributed by atoms with Crippen LogP contribution in [0.5, 0.6) is 5.75 Å². The molecule has 2 aromatic carbocycles. The molecule has 0 saturated heterocycles. The third kappa shape index (κ3) is 7.02. The van der Waals surface area contributed by atoms with Crippen LogP contribution in [-0.2, 0) is 11.3 Å². The van der Waals surface area contributed by atoms with E-state index < -0.39 is 0 Å². The highest BCUT2D eigenvalue weighted by molar-refractivity contribution is 6.32. The molecular formula is C27H31ClN4O3. The zero-order valence-corrected chi connectivity index (χ0v) is 20.4. The number of nitrogens with zero attached hydrogens (tertiary/aromatic N) is 2. The van der Waals surface area contributed by atoms with Crippen LogP contribution in [0, 0.1) is 0 Å². The van der Waals surface area contributed by atoms with Gasteiger partial charge in [0.15, 0.2) is 0 Å². The highest BCUT2D eigenvalue weighted by atomic mass is 35.5. The van der Waals surface area contributed by atoms with Crippen LogP contribution in [0.25, 0.3) is 21.7 Å². The van der Waals surface area contributed by atoms with E-state index in [1.165, 1.54) is 0 Å². The normalized spacial score (nSPS) is 11.3. The van der Waals surface area contributed by atoms with Gasteiger partial charge in [-0.15, -0.1) is 0 Å². The monoisotopic (exact) mass is 494 g/mol. The van der Waals surface area contributed by atoms with Gasteiger partial charge in [-0.25, -0.2) is 4.98 Å². The van der Waals surface area contributed by atoms with E-state index in [1.807, 2.05) is 48.7 Å². The van der Waals surface area contributed by atoms with Gasteiger partial charge in [-0.3, -0.25) is 4.98 Å². The molecule has 0 saturated carbocycles. The molecule has 7 nitrogen and oxygen atoms in total. The smallest absolute Gasteiger partial charge is 0.138 e. The zero-order chi connectivity index (χ0) is 24.3. The lowest BCUT2D eigenvalue weighted by atomic mass is 10.1. The maximum Gasteiger partial charge on any atom is 0.138 e. The number of aliphatic hydroxyl groups is 1. The number of rotatable bonds is 14. The van der Waals surface area contributed by atoms with E-state index in [1.54, 1.807) is 6.20 Å². The van der Waals surface area contributed by atoms with Gasteiger partial charge >= 0.3 is 0 Å². The summed E-state index contributed by atoms with van der Waals surface area (Å²) in [5, 5.41) is 19.6. The van der Waals surface area contributed by atoms with Crippen molar-refractivity contribution in [1.29, 1.82) is 0 Å². The van der Waals surface area contributed by atoms with Crippen molar-refractivity contribution in [3.63, 3.8) is 0 Å². The van der Waals surface area contributed by atoms with Gasteiger partial charge < -0.3 is 25.2 Å².